The fourth-order valence-corrected chi connectivity index (χ4v) is 2.41. The van der Waals surface area contributed by atoms with Gasteiger partial charge in [0.05, 0.1) is 6.54 Å². The van der Waals surface area contributed by atoms with E-state index in [0.717, 1.165) is 51.3 Å². The highest BCUT2D eigenvalue weighted by Crippen LogP contribution is 2.16. The van der Waals surface area contributed by atoms with Crippen molar-refractivity contribution in [3.05, 3.63) is 5.82 Å². The molecule has 2 atom stereocenters. The van der Waals surface area contributed by atoms with Crippen molar-refractivity contribution in [1.82, 2.24) is 25.1 Å². The third-order valence-corrected chi connectivity index (χ3v) is 3.75. The van der Waals surface area contributed by atoms with Gasteiger partial charge in [0.1, 0.15) is 0 Å². The van der Waals surface area contributed by atoms with E-state index in [1.54, 1.807) is 0 Å². The fraction of sp³-hybridized carbons (Fsp3) is 0.917. The van der Waals surface area contributed by atoms with Crippen molar-refractivity contribution in [2.45, 2.75) is 52.2 Å². The summed E-state index contributed by atoms with van der Waals surface area (Å²) in [5, 5.41) is 12.0. The summed E-state index contributed by atoms with van der Waals surface area (Å²) in [4.78, 5) is 2.40. The highest BCUT2D eigenvalue weighted by Gasteiger charge is 2.24. The minimum atomic E-state index is 0.345. The third-order valence-electron chi connectivity index (χ3n) is 3.75. The van der Waals surface area contributed by atoms with Gasteiger partial charge in [0, 0.05) is 25.7 Å². The molecule has 102 valence electrons. The molecule has 0 spiro atoms. The lowest BCUT2D eigenvalue weighted by Gasteiger charge is -2.34. The molecule has 0 bridgehead atoms. The largest absolute Gasteiger partial charge is 0.327 e. The molecule has 1 aliphatic rings. The predicted molar refractivity (Wildman–Crippen MR) is 69.8 cm³/mol. The average molecular weight is 252 g/mol. The number of piperidine rings is 1. The van der Waals surface area contributed by atoms with E-state index in [1.165, 1.54) is 0 Å². The highest BCUT2D eigenvalue weighted by molar-refractivity contribution is 4.86. The zero-order chi connectivity index (χ0) is 13.0. The summed E-state index contributed by atoms with van der Waals surface area (Å²) < 4.78 is 1.93. The van der Waals surface area contributed by atoms with Crippen LogP contribution in [0.15, 0.2) is 0 Å². The standard InChI is InChI=1S/C12H24N6/c1-3-4-6-18-12(14-15-16-18)9-17-7-5-11(13)10(2)8-17/h10-11H,3-9,13H2,1-2H3. The van der Waals surface area contributed by atoms with Crippen molar-refractivity contribution >= 4 is 0 Å². The van der Waals surface area contributed by atoms with Gasteiger partial charge in [0.15, 0.2) is 5.82 Å². The van der Waals surface area contributed by atoms with Gasteiger partial charge >= 0.3 is 0 Å². The molecular weight excluding hydrogens is 228 g/mol. The van der Waals surface area contributed by atoms with Gasteiger partial charge in [-0.05, 0) is 29.2 Å². The Morgan fingerprint density at radius 1 is 1.44 bits per heavy atom. The van der Waals surface area contributed by atoms with Crippen LogP contribution < -0.4 is 5.73 Å². The van der Waals surface area contributed by atoms with Gasteiger partial charge < -0.3 is 5.73 Å². The van der Waals surface area contributed by atoms with Crippen LogP contribution in [0.2, 0.25) is 0 Å². The first-order valence-electron chi connectivity index (χ1n) is 6.93. The minimum absolute atomic E-state index is 0.345. The second-order valence-electron chi connectivity index (χ2n) is 5.34. The molecule has 0 aliphatic carbocycles. The van der Waals surface area contributed by atoms with Crippen molar-refractivity contribution in [1.29, 1.82) is 0 Å². The molecule has 2 rings (SSSR count). The molecule has 0 radical (unpaired) electrons. The van der Waals surface area contributed by atoms with Crippen molar-refractivity contribution < 1.29 is 0 Å². The summed E-state index contributed by atoms with van der Waals surface area (Å²) in [6.07, 6.45) is 3.35. The van der Waals surface area contributed by atoms with Gasteiger partial charge in [-0.3, -0.25) is 4.90 Å². The lowest BCUT2D eigenvalue weighted by molar-refractivity contribution is 0.152. The molecule has 0 aromatic carbocycles. The molecular formula is C12H24N6. The van der Waals surface area contributed by atoms with E-state index in [9.17, 15) is 0 Å². The number of likely N-dealkylation sites (tertiary alicyclic amines) is 1. The SMILES string of the molecule is CCCCn1nnnc1CN1CCC(N)C(C)C1. The Morgan fingerprint density at radius 3 is 3.00 bits per heavy atom. The Bertz CT molecular complexity index is 363. The molecule has 1 aromatic heterocycles. The minimum Gasteiger partial charge on any atom is -0.327 e. The van der Waals surface area contributed by atoms with Crippen LogP contribution in [-0.2, 0) is 13.1 Å². The van der Waals surface area contributed by atoms with E-state index in [1.807, 2.05) is 4.68 Å². The lowest BCUT2D eigenvalue weighted by atomic mass is 9.95. The number of nitrogens with zero attached hydrogens (tertiary/aromatic N) is 5. The smallest absolute Gasteiger partial charge is 0.165 e. The number of unbranched alkanes of at least 4 members (excludes halogenated alkanes) is 1. The Labute approximate surface area is 109 Å². The number of aryl methyl sites for hydroxylation is 1. The molecule has 6 heteroatoms. The maximum atomic E-state index is 6.04. The summed E-state index contributed by atoms with van der Waals surface area (Å²) in [5.41, 5.74) is 6.04. The van der Waals surface area contributed by atoms with E-state index in [4.69, 9.17) is 5.73 Å². The summed E-state index contributed by atoms with van der Waals surface area (Å²) in [5.74, 6) is 1.53. The van der Waals surface area contributed by atoms with Gasteiger partial charge in [0.2, 0.25) is 0 Å². The van der Waals surface area contributed by atoms with Crippen molar-refractivity contribution in [2.24, 2.45) is 11.7 Å². The zero-order valence-corrected chi connectivity index (χ0v) is 11.4. The Morgan fingerprint density at radius 2 is 2.28 bits per heavy atom. The van der Waals surface area contributed by atoms with Crippen molar-refractivity contribution in [3.8, 4) is 0 Å². The molecule has 0 amide bonds. The normalized spacial score (nSPS) is 25.5. The summed E-state index contributed by atoms with van der Waals surface area (Å²) in [6, 6.07) is 0.345. The van der Waals surface area contributed by atoms with Crippen LogP contribution in [0.3, 0.4) is 0 Å². The van der Waals surface area contributed by atoms with Gasteiger partial charge in [-0.2, -0.15) is 0 Å². The second-order valence-corrected chi connectivity index (χ2v) is 5.34. The van der Waals surface area contributed by atoms with Crippen LogP contribution in [0.25, 0.3) is 0 Å². The third kappa shape index (κ3) is 3.26. The molecule has 1 aromatic rings. The van der Waals surface area contributed by atoms with Gasteiger partial charge in [-0.15, -0.1) is 5.10 Å². The average Bonchev–Trinajstić information content (AvgIpc) is 2.79. The number of tetrazole rings is 1. The Hall–Kier alpha value is -1.01. The first kappa shape index (κ1) is 13.4. The highest BCUT2D eigenvalue weighted by atomic mass is 15.5. The van der Waals surface area contributed by atoms with E-state index in [-0.39, 0.29) is 0 Å². The molecule has 1 aliphatic heterocycles. The predicted octanol–water partition coefficient (Wildman–Crippen LogP) is 0.642. The van der Waals surface area contributed by atoms with E-state index >= 15 is 0 Å². The van der Waals surface area contributed by atoms with Crippen LogP contribution in [-0.4, -0.2) is 44.2 Å². The Kier molecular flexibility index (Phi) is 4.66. The van der Waals surface area contributed by atoms with Gasteiger partial charge in [0.25, 0.3) is 0 Å². The summed E-state index contributed by atoms with van der Waals surface area (Å²) >= 11 is 0. The van der Waals surface area contributed by atoms with Crippen LogP contribution >= 0.6 is 0 Å². The van der Waals surface area contributed by atoms with Crippen molar-refractivity contribution in [3.63, 3.8) is 0 Å². The van der Waals surface area contributed by atoms with Crippen LogP contribution in [0.5, 0.6) is 0 Å². The molecule has 1 fully saturated rings. The summed E-state index contributed by atoms with van der Waals surface area (Å²) in [6.45, 7) is 8.25. The number of aromatic nitrogens is 4. The number of rotatable bonds is 5. The molecule has 2 heterocycles. The first-order chi connectivity index (χ1) is 8.70. The van der Waals surface area contributed by atoms with E-state index < -0.39 is 0 Å². The maximum Gasteiger partial charge on any atom is 0.165 e. The van der Waals surface area contributed by atoms with Crippen molar-refractivity contribution in [2.75, 3.05) is 13.1 Å². The Balaban J connectivity index is 1.91. The number of hydrogen-bond donors (Lipinski definition) is 1. The molecule has 1 saturated heterocycles. The monoisotopic (exact) mass is 252 g/mol. The fourth-order valence-electron chi connectivity index (χ4n) is 2.41. The second kappa shape index (κ2) is 6.24. The van der Waals surface area contributed by atoms with Gasteiger partial charge in [-0.25, -0.2) is 4.68 Å². The maximum absolute atomic E-state index is 6.04. The van der Waals surface area contributed by atoms with Crippen LogP contribution in [0.4, 0.5) is 0 Å². The molecule has 0 saturated carbocycles. The van der Waals surface area contributed by atoms with E-state index in [0.29, 0.717) is 12.0 Å². The molecule has 2 N–H and O–H groups in total. The van der Waals surface area contributed by atoms with Gasteiger partial charge in [-0.1, -0.05) is 20.3 Å². The van der Waals surface area contributed by atoms with Crippen LogP contribution in [0.1, 0.15) is 38.9 Å². The van der Waals surface area contributed by atoms with Crippen LogP contribution in [0, 0.1) is 5.92 Å². The topological polar surface area (TPSA) is 72.9 Å². The summed E-state index contributed by atoms with van der Waals surface area (Å²) in [7, 11) is 0. The lowest BCUT2D eigenvalue weighted by Crippen LogP contribution is -2.45. The van der Waals surface area contributed by atoms with E-state index in [2.05, 4.69) is 34.3 Å². The number of hydrogen-bond acceptors (Lipinski definition) is 5. The molecule has 18 heavy (non-hydrogen) atoms. The molecule has 2 unspecified atom stereocenters. The number of nitrogens with two attached hydrogens (primary N) is 1. The molecule has 6 nitrogen and oxygen atoms in total. The zero-order valence-electron chi connectivity index (χ0n) is 11.4. The first-order valence-corrected chi connectivity index (χ1v) is 6.93. The quantitative estimate of drug-likeness (QED) is 0.832.